The van der Waals surface area contributed by atoms with Gasteiger partial charge in [-0.3, -0.25) is 4.79 Å². The molecule has 4 heteroatoms. The number of hydrogen-bond acceptors (Lipinski definition) is 3. The second kappa shape index (κ2) is 6.68. The standard InChI is InChI=1S/C15H22N2O2/c1-12-4-3-5-13(8-12)9-15(18)17-6-7-19-11-14(17)10-16-2/h3-5,8,14,16H,6-7,9-11H2,1-2H3. The molecular formula is C15H22N2O2. The lowest BCUT2D eigenvalue weighted by atomic mass is 10.1. The Morgan fingerprint density at radius 2 is 2.37 bits per heavy atom. The number of ether oxygens (including phenoxy) is 1. The average Bonchev–Trinajstić information content (AvgIpc) is 2.39. The number of carbonyl (C=O) groups excluding carboxylic acids is 1. The summed E-state index contributed by atoms with van der Waals surface area (Å²) < 4.78 is 5.45. The highest BCUT2D eigenvalue weighted by Crippen LogP contribution is 2.11. The molecule has 1 amide bonds. The van der Waals surface area contributed by atoms with Gasteiger partial charge in [-0.15, -0.1) is 0 Å². The molecule has 1 N–H and O–H groups in total. The van der Waals surface area contributed by atoms with Crippen molar-refractivity contribution in [3.05, 3.63) is 35.4 Å². The minimum atomic E-state index is 0.149. The molecule has 0 radical (unpaired) electrons. The smallest absolute Gasteiger partial charge is 0.227 e. The summed E-state index contributed by atoms with van der Waals surface area (Å²) in [5.74, 6) is 0.189. The van der Waals surface area contributed by atoms with Crippen LogP contribution < -0.4 is 5.32 Å². The van der Waals surface area contributed by atoms with Crippen LogP contribution in [0.4, 0.5) is 0 Å². The third kappa shape index (κ3) is 3.78. The highest BCUT2D eigenvalue weighted by atomic mass is 16.5. The van der Waals surface area contributed by atoms with E-state index in [9.17, 15) is 4.79 Å². The van der Waals surface area contributed by atoms with E-state index in [1.807, 2.05) is 37.1 Å². The van der Waals surface area contributed by atoms with E-state index < -0.39 is 0 Å². The molecule has 1 aliphatic heterocycles. The molecule has 1 aromatic carbocycles. The number of likely N-dealkylation sites (N-methyl/N-ethyl adjacent to an activating group) is 1. The topological polar surface area (TPSA) is 41.6 Å². The van der Waals surface area contributed by atoms with E-state index >= 15 is 0 Å². The van der Waals surface area contributed by atoms with Gasteiger partial charge in [-0.2, -0.15) is 0 Å². The van der Waals surface area contributed by atoms with Gasteiger partial charge in [0.25, 0.3) is 0 Å². The normalized spacial score (nSPS) is 19.5. The number of nitrogens with one attached hydrogen (secondary N) is 1. The molecule has 0 bridgehead atoms. The van der Waals surface area contributed by atoms with Gasteiger partial charge in [0.05, 0.1) is 25.7 Å². The van der Waals surface area contributed by atoms with Gasteiger partial charge in [0.2, 0.25) is 5.91 Å². The van der Waals surface area contributed by atoms with E-state index in [4.69, 9.17) is 4.74 Å². The lowest BCUT2D eigenvalue weighted by Crippen LogP contribution is -2.52. The van der Waals surface area contributed by atoms with Gasteiger partial charge in [0.1, 0.15) is 0 Å². The molecule has 0 saturated carbocycles. The van der Waals surface area contributed by atoms with Crippen LogP contribution in [0.15, 0.2) is 24.3 Å². The van der Waals surface area contributed by atoms with Crippen LogP contribution in [0, 0.1) is 6.92 Å². The summed E-state index contributed by atoms with van der Waals surface area (Å²) in [7, 11) is 1.90. The number of amides is 1. The van der Waals surface area contributed by atoms with Crippen LogP contribution >= 0.6 is 0 Å². The molecule has 1 unspecified atom stereocenters. The number of aryl methyl sites for hydroxylation is 1. The van der Waals surface area contributed by atoms with E-state index in [0.717, 1.165) is 12.1 Å². The summed E-state index contributed by atoms with van der Waals surface area (Å²) in [6.07, 6.45) is 0.474. The molecule has 1 saturated heterocycles. The second-order valence-electron chi connectivity index (χ2n) is 5.04. The van der Waals surface area contributed by atoms with Crippen molar-refractivity contribution in [1.82, 2.24) is 10.2 Å². The first-order valence-electron chi connectivity index (χ1n) is 6.78. The molecule has 19 heavy (non-hydrogen) atoms. The van der Waals surface area contributed by atoms with E-state index in [0.29, 0.717) is 26.2 Å². The van der Waals surface area contributed by atoms with Gasteiger partial charge in [-0.25, -0.2) is 0 Å². The van der Waals surface area contributed by atoms with Crippen LogP contribution in [0.5, 0.6) is 0 Å². The third-order valence-electron chi connectivity index (χ3n) is 3.43. The maximum absolute atomic E-state index is 12.4. The van der Waals surface area contributed by atoms with Crippen LogP contribution in [0.1, 0.15) is 11.1 Å². The largest absolute Gasteiger partial charge is 0.377 e. The van der Waals surface area contributed by atoms with Crippen LogP contribution in [-0.2, 0) is 16.0 Å². The van der Waals surface area contributed by atoms with Crippen molar-refractivity contribution in [2.75, 3.05) is 33.4 Å². The molecule has 1 aliphatic rings. The zero-order valence-corrected chi connectivity index (χ0v) is 11.7. The molecular weight excluding hydrogens is 240 g/mol. The van der Waals surface area contributed by atoms with Crippen molar-refractivity contribution in [3.8, 4) is 0 Å². The first-order valence-corrected chi connectivity index (χ1v) is 6.78. The van der Waals surface area contributed by atoms with Gasteiger partial charge in [-0.05, 0) is 19.5 Å². The molecule has 104 valence electrons. The lowest BCUT2D eigenvalue weighted by molar-refractivity contribution is -0.138. The maximum Gasteiger partial charge on any atom is 0.227 e. The summed E-state index contributed by atoms with van der Waals surface area (Å²) in [6, 6.07) is 8.29. The predicted octanol–water partition coefficient (Wildman–Crippen LogP) is 0.984. The maximum atomic E-state index is 12.4. The number of benzene rings is 1. The van der Waals surface area contributed by atoms with Crippen LogP contribution in [-0.4, -0.2) is 50.2 Å². The molecule has 4 nitrogen and oxygen atoms in total. The lowest BCUT2D eigenvalue weighted by Gasteiger charge is -2.35. The van der Waals surface area contributed by atoms with Crippen molar-refractivity contribution in [2.24, 2.45) is 0 Å². The Hall–Kier alpha value is -1.39. The summed E-state index contributed by atoms with van der Waals surface area (Å²) in [5.41, 5.74) is 2.28. The quantitative estimate of drug-likeness (QED) is 0.879. The average molecular weight is 262 g/mol. The van der Waals surface area contributed by atoms with E-state index in [1.54, 1.807) is 0 Å². The van der Waals surface area contributed by atoms with E-state index in [1.165, 1.54) is 5.56 Å². The highest BCUT2D eigenvalue weighted by Gasteiger charge is 2.26. The first-order chi connectivity index (χ1) is 9.20. The molecule has 0 aliphatic carbocycles. The number of hydrogen-bond donors (Lipinski definition) is 1. The number of nitrogens with zero attached hydrogens (tertiary/aromatic N) is 1. The summed E-state index contributed by atoms with van der Waals surface area (Å²) in [6.45, 7) is 4.78. The second-order valence-corrected chi connectivity index (χ2v) is 5.04. The summed E-state index contributed by atoms with van der Waals surface area (Å²) >= 11 is 0. The fourth-order valence-electron chi connectivity index (χ4n) is 2.49. The minimum absolute atomic E-state index is 0.149. The van der Waals surface area contributed by atoms with E-state index in [2.05, 4.69) is 11.4 Å². The predicted molar refractivity (Wildman–Crippen MR) is 75.1 cm³/mol. The van der Waals surface area contributed by atoms with Crippen molar-refractivity contribution in [3.63, 3.8) is 0 Å². The Morgan fingerprint density at radius 1 is 1.53 bits per heavy atom. The van der Waals surface area contributed by atoms with Crippen LogP contribution in [0.2, 0.25) is 0 Å². The molecule has 1 fully saturated rings. The zero-order valence-electron chi connectivity index (χ0n) is 11.7. The SMILES string of the molecule is CNCC1COCCN1C(=O)Cc1cccc(C)c1. The van der Waals surface area contributed by atoms with Crippen LogP contribution in [0.3, 0.4) is 0 Å². The molecule has 0 spiro atoms. The van der Waals surface area contributed by atoms with Gasteiger partial charge in [-0.1, -0.05) is 29.8 Å². The first kappa shape index (κ1) is 14.0. The Kier molecular flexibility index (Phi) is 4.93. The Bertz CT molecular complexity index is 432. The van der Waals surface area contributed by atoms with Gasteiger partial charge < -0.3 is 15.0 Å². The molecule has 0 aromatic heterocycles. The molecule has 2 rings (SSSR count). The van der Waals surface area contributed by atoms with Crippen LogP contribution in [0.25, 0.3) is 0 Å². The number of carbonyl (C=O) groups is 1. The fourth-order valence-corrected chi connectivity index (χ4v) is 2.49. The van der Waals surface area contributed by atoms with Crippen molar-refractivity contribution in [2.45, 2.75) is 19.4 Å². The summed E-state index contributed by atoms with van der Waals surface area (Å²) in [4.78, 5) is 14.4. The summed E-state index contributed by atoms with van der Waals surface area (Å²) in [5, 5.41) is 3.12. The highest BCUT2D eigenvalue weighted by molar-refractivity contribution is 5.79. The Morgan fingerprint density at radius 3 is 3.11 bits per heavy atom. The van der Waals surface area contributed by atoms with E-state index in [-0.39, 0.29) is 11.9 Å². The molecule has 1 aromatic rings. The third-order valence-corrected chi connectivity index (χ3v) is 3.43. The van der Waals surface area contributed by atoms with Crippen molar-refractivity contribution >= 4 is 5.91 Å². The van der Waals surface area contributed by atoms with Gasteiger partial charge >= 0.3 is 0 Å². The zero-order chi connectivity index (χ0) is 13.7. The monoisotopic (exact) mass is 262 g/mol. The molecule has 1 atom stereocenters. The number of morpholine rings is 1. The van der Waals surface area contributed by atoms with Gasteiger partial charge in [0.15, 0.2) is 0 Å². The molecule has 1 heterocycles. The Balaban J connectivity index is 2.01. The van der Waals surface area contributed by atoms with Crippen molar-refractivity contribution < 1.29 is 9.53 Å². The van der Waals surface area contributed by atoms with Gasteiger partial charge in [0, 0.05) is 13.1 Å². The fraction of sp³-hybridized carbons (Fsp3) is 0.533. The van der Waals surface area contributed by atoms with Crippen molar-refractivity contribution in [1.29, 1.82) is 0 Å². The minimum Gasteiger partial charge on any atom is -0.377 e. The Labute approximate surface area is 114 Å². The number of rotatable bonds is 4.